The number of halogens is 4. The zero-order valence-electron chi connectivity index (χ0n) is 38.0. The molecule has 3 fully saturated rings. The summed E-state index contributed by atoms with van der Waals surface area (Å²) in [7, 11) is 19.5. The van der Waals surface area contributed by atoms with Gasteiger partial charge in [-0.2, -0.15) is 12.0 Å². The van der Waals surface area contributed by atoms with Gasteiger partial charge < -0.3 is 67.9 Å². The zero-order chi connectivity index (χ0) is 46.2. The van der Waals surface area contributed by atoms with Gasteiger partial charge in [-0.3, -0.25) is 0 Å². The standard InChI is InChI=1S/2C9H19NO2.2C7H13NO2.C7H13N.CH3.4ClH.H2N.2Pt/c2*1-8(2,3)6-9(4,5)10-7(11)12;2*9-7(10)8-6-4-2-1-3-5-6;1-6-4-2-3-5-7(6)8;;;;;;;;/h2*10H,6H2,1-5H3,(H,11,12);2*6,8H,1-5H2,(H,9,10);6-8H,1-5H2;1H3;4*1H;1H2;;/q;;;;-2;-1;;;;;-1;2*+4/p-4/t;;;;6-,7-;;;;;;;;/m....1......../s1. The number of amides is 4. The second-order valence-corrected chi connectivity index (χ2v) is 25.0. The summed E-state index contributed by atoms with van der Waals surface area (Å²) in [5.74, 6) is 0.420. The largest absolute Gasteiger partial charge is 0.693 e. The number of carbonyl (C=O) groups is 4. The smallest absolute Gasteiger partial charge is 0.693 e. The Morgan fingerprint density at radius 2 is 0.800 bits per heavy atom. The third-order valence-corrected chi connectivity index (χ3v) is 8.61. The van der Waals surface area contributed by atoms with Gasteiger partial charge in [-0.15, -0.1) is 0 Å². The molecule has 3 rings (SSSR count). The Labute approximate surface area is 397 Å². The van der Waals surface area contributed by atoms with Crippen molar-refractivity contribution in [3.8, 4) is 0 Å². The van der Waals surface area contributed by atoms with Gasteiger partial charge in [-0.1, -0.05) is 106 Å². The normalized spacial score (nSPS) is 17.9. The van der Waals surface area contributed by atoms with E-state index in [4.69, 9.17) is 63.8 Å². The van der Waals surface area contributed by atoms with E-state index in [1.165, 1.54) is 57.8 Å². The first kappa shape index (κ1) is 71.2. The van der Waals surface area contributed by atoms with E-state index in [9.17, 15) is 19.2 Å². The van der Waals surface area contributed by atoms with Crippen molar-refractivity contribution in [1.82, 2.24) is 21.3 Å². The molecule has 3 aliphatic carbocycles. The monoisotopic (exact) mass is 1300 g/mol. The van der Waals surface area contributed by atoms with Crippen LogP contribution in [0.15, 0.2) is 0 Å². The molecular weight excluding hydrogens is 1220 g/mol. The molecule has 0 bridgehead atoms. The van der Waals surface area contributed by atoms with Crippen LogP contribution in [-0.2, 0) is 33.0 Å². The van der Waals surface area contributed by atoms with Gasteiger partial charge >= 0.3 is 95.0 Å². The van der Waals surface area contributed by atoms with Crippen molar-refractivity contribution in [2.45, 2.75) is 201 Å². The summed E-state index contributed by atoms with van der Waals surface area (Å²) < 4.78 is 0. The molecule has 0 spiro atoms. The summed E-state index contributed by atoms with van der Waals surface area (Å²) in [6.45, 7) is 24.0. The van der Waals surface area contributed by atoms with Gasteiger partial charge in [0.2, 0.25) is 0 Å². The second-order valence-electron chi connectivity index (χ2n) is 18.4. The van der Waals surface area contributed by atoms with Crippen LogP contribution in [0.25, 0.3) is 11.9 Å². The summed E-state index contributed by atoms with van der Waals surface area (Å²) in [6.07, 6.45) is 14.1. The molecular formula is C40H82Cl4N6O8Pt2. The van der Waals surface area contributed by atoms with Gasteiger partial charge in [0.05, 0.1) is 0 Å². The topological polar surface area (TPSA) is 255 Å². The first-order valence-corrected chi connectivity index (χ1v) is 30.9. The number of hydrogen-bond acceptors (Lipinski definition) is 4. The number of nitrogens with one attached hydrogen (secondary N) is 5. The molecule has 20 heteroatoms. The van der Waals surface area contributed by atoms with Gasteiger partial charge in [0.15, 0.2) is 0 Å². The maximum Gasteiger partial charge on any atom is -0.693 e. The van der Waals surface area contributed by atoms with Crippen LogP contribution >= 0.6 is 37.7 Å². The molecule has 0 unspecified atom stereocenters. The fraction of sp³-hybridized carbons (Fsp3) is 0.850. The second kappa shape index (κ2) is 40.1. The number of carboxylic acid groups (broad SMARTS) is 4. The van der Waals surface area contributed by atoms with E-state index < -0.39 is 57.3 Å². The first-order chi connectivity index (χ1) is 26.5. The van der Waals surface area contributed by atoms with Crippen LogP contribution in [0, 0.1) is 31.1 Å². The summed E-state index contributed by atoms with van der Waals surface area (Å²) in [5, 5.41) is 43.8. The van der Waals surface area contributed by atoms with Gasteiger partial charge in [0, 0.05) is 23.2 Å². The Hall–Kier alpha value is -0.463. The van der Waals surface area contributed by atoms with Gasteiger partial charge in [0.25, 0.3) is 0 Å². The van der Waals surface area contributed by atoms with Crippen molar-refractivity contribution in [2.75, 3.05) is 0 Å². The molecule has 368 valence electrons. The van der Waals surface area contributed by atoms with E-state index in [2.05, 4.69) is 69.7 Å². The fourth-order valence-corrected chi connectivity index (χ4v) is 7.37. The zero-order valence-corrected chi connectivity index (χ0v) is 45.5. The van der Waals surface area contributed by atoms with Gasteiger partial charge in [-0.25, -0.2) is 19.2 Å². The van der Waals surface area contributed by atoms with Crippen molar-refractivity contribution >= 4 is 62.0 Å². The molecule has 0 aromatic carbocycles. The van der Waals surface area contributed by atoms with Crippen molar-refractivity contribution < 1.29 is 72.6 Å². The molecule has 0 heterocycles. The molecule has 0 aromatic rings. The third-order valence-electron chi connectivity index (χ3n) is 8.61. The minimum absolute atomic E-state index is 0. The molecule has 3 saturated carbocycles. The molecule has 0 aliphatic heterocycles. The van der Waals surface area contributed by atoms with Crippen molar-refractivity contribution in [3.05, 3.63) is 26.2 Å². The first-order valence-electron chi connectivity index (χ1n) is 19.7. The van der Waals surface area contributed by atoms with Crippen molar-refractivity contribution in [2.24, 2.45) is 16.7 Å². The molecule has 3 aliphatic rings. The molecule has 2 atom stereocenters. The van der Waals surface area contributed by atoms with Crippen LogP contribution in [0.2, 0.25) is 0 Å². The molecule has 0 saturated heterocycles. The van der Waals surface area contributed by atoms with Crippen molar-refractivity contribution in [3.63, 3.8) is 0 Å². The Morgan fingerprint density at radius 3 is 0.983 bits per heavy atom. The summed E-state index contributed by atoms with van der Waals surface area (Å²) >= 11 is -0.944. The average molecular weight is 1310 g/mol. The number of nitrogens with two attached hydrogens (primary N) is 1. The maximum atomic E-state index is 10.4. The van der Waals surface area contributed by atoms with Gasteiger partial charge in [0.1, 0.15) is 0 Å². The fourth-order valence-electron chi connectivity index (χ4n) is 7.37. The van der Waals surface area contributed by atoms with E-state index in [1.807, 2.05) is 27.7 Å². The van der Waals surface area contributed by atoms with Crippen LogP contribution in [0.4, 0.5) is 19.2 Å². The molecule has 60 heavy (non-hydrogen) atoms. The van der Waals surface area contributed by atoms with Crippen LogP contribution in [0.3, 0.4) is 0 Å². The van der Waals surface area contributed by atoms with E-state index in [0.717, 1.165) is 44.9 Å². The molecule has 11 N–H and O–H groups in total. The Kier molecular flexibility index (Phi) is 47.5. The van der Waals surface area contributed by atoms with Crippen LogP contribution in [0.5, 0.6) is 0 Å². The minimum atomic E-state index is -0.954. The molecule has 0 aromatic heterocycles. The SMILES string of the molecule is CC(C)(C)CC(C)(C)NC(=O)O.CC(C)(C)CC(C)(C)NC(=O)O.O=C(O)NC1CCCCC1.O=C(O)NC1CCCCC1.[CH2-][C@@H]1CCCC[C@H]1[NH-].[CH3-].[Cl][Pt+2][Cl].[Cl][Pt+2][Cl].[NH2-]. The van der Waals surface area contributed by atoms with Crippen LogP contribution < -0.4 is 21.3 Å². The predicted molar refractivity (Wildman–Crippen MR) is 245 cm³/mol. The van der Waals surface area contributed by atoms with E-state index in [0.29, 0.717) is 5.92 Å². The van der Waals surface area contributed by atoms with Crippen molar-refractivity contribution in [1.29, 1.82) is 0 Å². The van der Waals surface area contributed by atoms with Gasteiger partial charge in [-0.05, 0) is 77.0 Å². The summed E-state index contributed by atoms with van der Waals surface area (Å²) in [6, 6.07) is 0.598. The third kappa shape index (κ3) is 57.5. The minimum Gasteiger partial charge on any atom is -0.693 e. The van der Waals surface area contributed by atoms with E-state index in [1.54, 1.807) is 0 Å². The predicted octanol–water partition coefficient (Wildman–Crippen LogP) is 14.5. The number of rotatable bonds is 6. The van der Waals surface area contributed by atoms with Crippen LogP contribution in [0.1, 0.15) is 172 Å². The van der Waals surface area contributed by atoms with Crippen LogP contribution in [-0.4, -0.2) is 74.0 Å². The Bertz CT molecular complexity index is 998. The van der Waals surface area contributed by atoms with E-state index in [-0.39, 0.29) is 53.6 Å². The maximum absolute atomic E-state index is 10.4. The molecule has 4 amide bonds. The Balaban J connectivity index is -0.000000146. The average Bonchev–Trinajstić information content (AvgIpc) is 3.01. The summed E-state index contributed by atoms with van der Waals surface area (Å²) in [4.78, 5) is 41.1. The Morgan fingerprint density at radius 1 is 0.550 bits per heavy atom. The quantitative estimate of drug-likeness (QED) is 0.118. The summed E-state index contributed by atoms with van der Waals surface area (Å²) in [5.41, 5.74) is 7.02. The van der Waals surface area contributed by atoms with E-state index >= 15 is 0 Å². The number of hydrogen-bond donors (Lipinski definition) is 8. The molecule has 0 radical (unpaired) electrons. The molecule has 14 nitrogen and oxygen atoms in total.